The lowest BCUT2D eigenvalue weighted by atomic mass is 9.93. The largest absolute Gasteiger partial charge is 0.465 e. The molecule has 0 aliphatic carbocycles. The van der Waals surface area contributed by atoms with Gasteiger partial charge in [0.25, 0.3) is 0 Å². The van der Waals surface area contributed by atoms with E-state index in [0.29, 0.717) is 11.3 Å². The van der Waals surface area contributed by atoms with Crippen LogP contribution in [0.25, 0.3) is 0 Å². The van der Waals surface area contributed by atoms with Crippen LogP contribution < -0.4 is 0 Å². The summed E-state index contributed by atoms with van der Waals surface area (Å²) in [6, 6.07) is 0. The predicted molar refractivity (Wildman–Crippen MR) is 84.0 cm³/mol. The molecular weight excluding hydrogens is 290 g/mol. The fraction of sp³-hybridized carbons (Fsp3) is 0.467. The topological polar surface area (TPSA) is 39.2 Å². The molecule has 108 valence electrons. The number of ether oxygens (including phenoxy) is 1. The first-order chi connectivity index (χ1) is 9.32. The van der Waals surface area contributed by atoms with Crippen LogP contribution in [-0.4, -0.2) is 18.1 Å². The molecule has 20 heavy (non-hydrogen) atoms. The molecule has 0 bridgehead atoms. The number of aryl methyl sites for hydroxylation is 1. The molecule has 0 spiro atoms. The molecule has 2 heterocycles. The lowest BCUT2D eigenvalue weighted by Crippen LogP contribution is -2.11. The number of aromatic nitrogens is 1. The molecule has 5 heteroatoms. The van der Waals surface area contributed by atoms with Crippen LogP contribution in [0.5, 0.6) is 0 Å². The summed E-state index contributed by atoms with van der Waals surface area (Å²) < 4.78 is 4.84. The molecule has 2 rings (SSSR count). The minimum absolute atomic E-state index is 0.0591. The number of carbonyl (C=O) groups excluding carboxylic acids is 1. The van der Waals surface area contributed by atoms with Crippen LogP contribution in [0.4, 0.5) is 0 Å². The monoisotopic (exact) mass is 309 g/mol. The molecule has 0 radical (unpaired) electrons. The number of thiophene rings is 1. The highest BCUT2D eigenvalue weighted by Crippen LogP contribution is 2.29. The molecule has 0 unspecified atom stereocenters. The minimum atomic E-state index is -0.259. The van der Waals surface area contributed by atoms with E-state index in [-0.39, 0.29) is 11.4 Å². The average Bonchev–Trinajstić information content (AvgIpc) is 2.97. The molecule has 0 aliphatic rings. The van der Waals surface area contributed by atoms with Crippen molar-refractivity contribution in [2.45, 2.75) is 39.5 Å². The van der Waals surface area contributed by atoms with Crippen LogP contribution in [0.2, 0.25) is 0 Å². The summed E-state index contributed by atoms with van der Waals surface area (Å²) in [5, 5.41) is 5.15. The van der Waals surface area contributed by atoms with Gasteiger partial charge in [-0.3, -0.25) is 0 Å². The van der Waals surface area contributed by atoms with Crippen LogP contribution in [-0.2, 0) is 16.6 Å². The first-order valence-corrected chi connectivity index (χ1v) is 8.19. The normalized spacial score (nSPS) is 11.7. The SMILES string of the molecule is COC(=O)c1scc(C)c1Cc1nc(C(C)(C)C)cs1. The van der Waals surface area contributed by atoms with Gasteiger partial charge in [0.2, 0.25) is 0 Å². The Labute approximate surface area is 127 Å². The van der Waals surface area contributed by atoms with Crippen molar-refractivity contribution >= 4 is 28.6 Å². The van der Waals surface area contributed by atoms with Gasteiger partial charge in [0.05, 0.1) is 17.8 Å². The van der Waals surface area contributed by atoms with Crippen LogP contribution in [0.1, 0.15) is 52.3 Å². The summed E-state index contributed by atoms with van der Waals surface area (Å²) in [5.41, 5.74) is 3.33. The Morgan fingerprint density at radius 1 is 1.30 bits per heavy atom. The second-order valence-corrected chi connectivity index (χ2v) is 7.59. The fourth-order valence-electron chi connectivity index (χ4n) is 1.84. The Balaban J connectivity index is 2.29. The first-order valence-electron chi connectivity index (χ1n) is 6.43. The number of esters is 1. The van der Waals surface area contributed by atoms with Crippen molar-refractivity contribution in [3.63, 3.8) is 0 Å². The standard InChI is InChI=1S/C15H19NO2S2/c1-9-7-20-13(14(17)18-5)10(9)6-12-16-11(8-19-12)15(2,3)4/h7-8H,6H2,1-5H3. The Hall–Kier alpha value is -1.20. The van der Waals surface area contributed by atoms with E-state index in [2.05, 4.69) is 26.2 Å². The molecule has 0 fully saturated rings. The first kappa shape index (κ1) is 15.2. The molecule has 2 aromatic rings. The fourth-order valence-corrected chi connectivity index (χ4v) is 3.86. The number of nitrogens with zero attached hydrogens (tertiary/aromatic N) is 1. The molecule has 0 aromatic carbocycles. The zero-order valence-electron chi connectivity index (χ0n) is 12.4. The van der Waals surface area contributed by atoms with E-state index >= 15 is 0 Å². The summed E-state index contributed by atoms with van der Waals surface area (Å²) in [7, 11) is 1.42. The molecule has 3 nitrogen and oxygen atoms in total. The quantitative estimate of drug-likeness (QED) is 0.798. The van der Waals surface area contributed by atoms with Gasteiger partial charge in [-0.15, -0.1) is 22.7 Å². The van der Waals surface area contributed by atoms with Crippen LogP contribution in [0, 0.1) is 6.92 Å². The summed E-state index contributed by atoms with van der Waals surface area (Å²) >= 11 is 3.10. The third-order valence-corrected chi connectivity index (χ3v) is 5.09. The lowest BCUT2D eigenvalue weighted by molar-refractivity contribution is 0.0605. The number of methoxy groups -OCH3 is 1. The molecule has 0 amide bonds. The van der Waals surface area contributed by atoms with Crippen LogP contribution in [0.15, 0.2) is 10.8 Å². The Kier molecular flexibility index (Phi) is 4.30. The van der Waals surface area contributed by atoms with E-state index in [1.807, 2.05) is 12.3 Å². The Morgan fingerprint density at radius 3 is 2.55 bits per heavy atom. The van der Waals surface area contributed by atoms with Gasteiger partial charge in [-0.2, -0.15) is 0 Å². The maximum absolute atomic E-state index is 11.8. The van der Waals surface area contributed by atoms with Crippen LogP contribution >= 0.6 is 22.7 Å². The second kappa shape index (κ2) is 5.66. The highest BCUT2D eigenvalue weighted by atomic mass is 32.1. The molecular formula is C15H19NO2S2. The minimum Gasteiger partial charge on any atom is -0.465 e. The van der Waals surface area contributed by atoms with Gasteiger partial charge in [0.1, 0.15) is 4.88 Å². The predicted octanol–water partition coefficient (Wildman–Crippen LogP) is 4.19. The van der Waals surface area contributed by atoms with Crippen molar-refractivity contribution in [3.8, 4) is 0 Å². The maximum atomic E-state index is 11.8. The van der Waals surface area contributed by atoms with Crippen LogP contribution in [0.3, 0.4) is 0 Å². The zero-order valence-corrected chi connectivity index (χ0v) is 14.1. The molecule has 0 atom stereocenters. The van der Waals surface area contributed by atoms with Gasteiger partial charge in [-0.1, -0.05) is 20.8 Å². The number of thiazole rings is 1. The number of rotatable bonds is 3. The van der Waals surface area contributed by atoms with Gasteiger partial charge in [0.15, 0.2) is 0 Å². The van der Waals surface area contributed by atoms with Crippen molar-refractivity contribution in [2.24, 2.45) is 0 Å². The molecule has 0 N–H and O–H groups in total. The number of hydrogen-bond donors (Lipinski definition) is 0. The van der Waals surface area contributed by atoms with Crippen molar-refractivity contribution in [1.29, 1.82) is 0 Å². The smallest absolute Gasteiger partial charge is 0.348 e. The van der Waals surface area contributed by atoms with Gasteiger partial charge in [-0.25, -0.2) is 9.78 Å². The van der Waals surface area contributed by atoms with E-state index in [1.54, 1.807) is 11.3 Å². The average molecular weight is 309 g/mol. The van der Waals surface area contributed by atoms with Gasteiger partial charge >= 0.3 is 5.97 Å². The molecule has 0 saturated heterocycles. The van der Waals surface area contributed by atoms with Crippen molar-refractivity contribution in [2.75, 3.05) is 7.11 Å². The highest BCUT2D eigenvalue weighted by molar-refractivity contribution is 7.12. The van der Waals surface area contributed by atoms with E-state index in [0.717, 1.165) is 21.8 Å². The highest BCUT2D eigenvalue weighted by Gasteiger charge is 2.20. The molecule has 0 aliphatic heterocycles. The summed E-state index contributed by atoms with van der Waals surface area (Å²) in [4.78, 5) is 17.2. The van der Waals surface area contributed by atoms with Gasteiger partial charge in [0, 0.05) is 17.2 Å². The van der Waals surface area contributed by atoms with E-state index in [4.69, 9.17) is 9.72 Å². The van der Waals surface area contributed by atoms with E-state index < -0.39 is 0 Å². The Morgan fingerprint density at radius 2 is 2.00 bits per heavy atom. The zero-order chi connectivity index (χ0) is 14.9. The summed E-state index contributed by atoms with van der Waals surface area (Å²) in [5.74, 6) is -0.259. The maximum Gasteiger partial charge on any atom is 0.348 e. The summed E-state index contributed by atoms with van der Waals surface area (Å²) in [6.07, 6.45) is 0.695. The van der Waals surface area contributed by atoms with Crippen molar-refractivity contribution in [1.82, 2.24) is 4.98 Å². The van der Waals surface area contributed by atoms with E-state index in [1.165, 1.54) is 18.4 Å². The van der Waals surface area contributed by atoms with Gasteiger partial charge < -0.3 is 4.74 Å². The number of carbonyl (C=O) groups is 1. The van der Waals surface area contributed by atoms with Crippen molar-refractivity contribution in [3.05, 3.63) is 37.5 Å². The third-order valence-electron chi connectivity index (χ3n) is 3.12. The van der Waals surface area contributed by atoms with Gasteiger partial charge in [-0.05, 0) is 23.4 Å². The Bertz CT molecular complexity index is 620. The lowest BCUT2D eigenvalue weighted by Gasteiger charge is -2.14. The summed E-state index contributed by atoms with van der Waals surface area (Å²) in [6.45, 7) is 8.49. The molecule has 2 aromatic heterocycles. The number of hydrogen-bond acceptors (Lipinski definition) is 5. The van der Waals surface area contributed by atoms with E-state index in [9.17, 15) is 4.79 Å². The van der Waals surface area contributed by atoms with Crippen molar-refractivity contribution < 1.29 is 9.53 Å². The molecule has 0 saturated carbocycles. The third kappa shape index (κ3) is 3.10. The second-order valence-electron chi connectivity index (χ2n) is 5.77.